The van der Waals surface area contributed by atoms with Gasteiger partial charge in [0.05, 0.1) is 6.21 Å². The first-order valence-corrected chi connectivity index (χ1v) is 4.68. The second-order valence-corrected chi connectivity index (χ2v) is 5.43. The van der Waals surface area contributed by atoms with Crippen LogP contribution >= 0.6 is 0 Å². The first-order valence-electron chi connectivity index (χ1n) is 4.68. The van der Waals surface area contributed by atoms with E-state index < -0.39 is 10.8 Å². The summed E-state index contributed by atoms with van der Waals surface area (Å²) in [5, 5.41) is 0. The minimum atomic E-state index is -0.519. The van der Waals surface area contributed by atoms with Gasteiger partial charge in [-0.1, -0.05) is 41.5 Å². The van der Waals surface area contributed by atoms with Crippen molar-refractivity contribution in [2.24, 2.45) is 15.8 Å². The highest BCUT2D eigenvalue weighted by Gasteiger charge is 2.22. The Kier molecular flexibility index (Phi) is 3.74. The zero-order valence-corrected chi connectivity index (χ0v) is 9.84. The number of hydrogen-bond donors (Lipinski definition) is 0. The molecule has 0 atom stereocenters. The van der Waals surface area contributed by atoms with Gasteiger partial charge in [0.25, 0.3) is 5.91 Å². The fourth-order valence-electron chi connectivity index (χ4n) is 0.505. The van der Waals surface area contributed by atoms with Gasteiger partial charge in [0.15, 0.2) is 5.78 Å². The van der Waals surface area contributed by atoms with E-state index in [9.17, 15) is 9.59 Å². The molecular weight excluding hydrogens is 178 g/mol. The molecule has 14 heavy (non-hydrogen) atoms. The number of Topliss-reactive ketones (excluding diaryl/α,β-unsaturated/α-hetero) is 1. The van der Waals surface area contributed by atoms with Crippen LogP contribution in [0.2, 0.25) is 0 Å². The van der Waals surface area contributed by atoms with Crippen molar-refractivity contribution in [2.75, 3.05) is 0 Å². The van der Waals surface area contributed by atoms with Crippen LogP contribution in [-0.4, -0.2) is 17.9 Å². The second-order valence-electron chi connectivity index (χ2n) is 5.43. The highest BCUT2D eigenvalue weighted by Crippen LogP contribution is 2.16. The highest BCUT2D eigenvalue weighted by atomic mass is 16.2. The Morgan fingerprint density at radius 1 is 0.929 bits per heavy atom. The molecule has 0 N–H and O–H groups in total. The number of carbonyl (C=O) groups is 2. The Morgan fingerprint density at radius 3 is 1.64 bits per heavy atom. The van der Waals surface area contributed by atoms with Crippen molar-refractivity contribution >= 4 is 17.9 Å². The molecule has 0 saturated heterocycles. The van der Waals surface area contributed by atoms with Crippen LogP contribution in [0.25, 0.3) is 0 Å². The normalized spacial score (nSPS) is 13.3. The van der Waals surface area contributed by atoms with E-state index in [-0.39, 0.29) is 11.7 Å². The third kappa shape index (κ3) is 4.30. The molecule has 1 amide bonds. The highest BCUT2D eigenvalue weighted by molar-refractivity contribution is 6.31. The monoisotopic (exact) mass is 197 g/mol. The fourth-order valence-corrected chi connectivity index (χ4v) is 0.505. The van der Waals surface area contributed by atoms with E-state index in [0.717, 1.165) is 6.21 Å². The van der Waals surface area contributed by atoms with Gasteiger partial charge in [0.2, 0.25) is 0 Å². The summed E-state index contributed by atoms with van der Waals surface area (Å²) < 4.78 is 0. The maximum atomic E-state index is 11.4. The van der Waals surface area contributed by atoms with Crippen molar-refractivity contribution in [3.05, 3.63) is 0 Å². The molecule has 0 aromatic carbocycles. The average molecular weight is 197 g/mol. The van der Waals surface area contributed by atoms with Gasteiger partial charge < -0.3 is 0 Å². The number of nitrogens with zero attached hydrogens (tertiary/aromatic N) is 1. The Morgan fingerprint density at radius 2 is 1.36 bits per heavy atom. The molecule has 0 spiro atoms. The number of ketones is 1. The van der Waals surface area contributed by atoms with Crippen LogP contribution < -0.4 is 0 Å². The van der Waals surface area contributed by atoms with E-state index >= 15 is 0 Å². The molecule has 0 aromatic heterocycles. The average Bonchev–Trinajstić information content (AvgIpc) is 1.95. The molecule has 80 valence electrons. The first kappa shape index (κ1) is 13.0. The lowest BCUT2D eigenvalue weighted by molar-refractivity contribution is -0.125. The molecule has 0 aromatic rings. The summed E-state index contributed by atoms with van der Waals surface area (Å²) in [6, 6.07) is 0. The van der Waals surface area contributed by atoms with E-state index in [1.165, 1.54) is 0 Å². The summed E-state index contributed by atoms with van der Waals surface area (Å²) in [7, 11) is 0. The van der Waals surface area contributed by atoms with Crippen LogP contribution in [0.5, 0.6) is 0 Å². The number of amides is 1. The lowest BCUT2D eigenvalue weighted by Crippen LogP contribution is -2.23. The maximum Gasteiger partial charge on any atom is 0.251 e. The molecule has 0 rings (SSSR count). The molecule has 3 nitrogen and oxygen atoms in total. The van der Waals surface area contributed by atoms with Gasteiger partial charge in [0, 0.05) is 10.8 Å². The summed E-state index contributed by atoms with van der Waals surface area (Å²) in [5.74, 6) is -0.398. The molecule has 0 radical (unpaired) electrons. The van der Waals surface area contributed by atoms with Crippen LogP contribution in [0, 0.1) is 10.8 Å². The second kappa shape index (κ2) is 4.03. The minimum absolute atomic E-state index is 0.130. The van der Waals surface area contributed by atoms with Gasteiger partial charge >= 0.3 is 0 Å². The maximum absolute atomic E-state index is 11.4. The Labute approximate surface area is 85.6 Å². The topological polar surface area (TPSA) is 46.5 Å². The molecule has 0 aliphatic heterocycles. The van der Waals surface area contributed by atoms with E-state index in [1.807, 2.05) is 0 Å². The van der Waals surface area contributed by atoms with E-state index in [4.69, 9.17) is 0 Å². The summed E-state index contributed by atoms with van der Waals surface area (Å²) >= 11 is 0. The van der Waals surface area contributed by atoms with Crippen molar-refractivity contribution in [1.82, 2.24) is 0 Å². The number of carbonyl (C=O) groups excluding carboxylic acids is 2. The number of aliphatic imine (C=N–C) groups is 1. The first-order chi connectivity index (χ1) is 6.05. The van der Waals surface area contributed by atoms with Crippen LogP contribution in [0.15, 0.2) is 4.99 Å². The predicted molar refractivity (Wildman–Crippen MR) is 57.4 cm³/mol. The van der Waals surface area contributed by atoms with Gasteiger partial charge in [-0.25, -0.2) is 4.99 Å². The van der Waals surface area contributed by atoms with Crippen molar-refractivity contribution in [3.8, 4) is 0 Å². The Balaban J connectivity index is 4.49. The quantitative estimate of drug-likeness (QED) is 0.605. The van der Waals surface area contributed by atoms with Crippen LogP contribution in [0.1, 0.15) is 41.5 Å². The standard InChI is InChI=1S/C11H19NO2/c1-10(2,3)8(13)7-12-9(14)11(4,5)6/h7H,1-6H3. The SMILES string of the molecule is CC(C)(C)C(=O)C=NC(=O)C(C)(C)C. The summed E-state index contributed by atoms with van der Waals surface area (Å²) in [6.45, 7) is 10.7. The Hall–Kier alpha value is -0.990. The summed E-state index contributed by atoms with van der Waals surface area (Å²) in [6.07, 6.45) is 1.13. The molecule has 0 bridgehead atoms. The number of rotatable bonds is 1. The smallest absolute Gasteiger partial charge is 0.251 e. The van der Waals surface area contributed by atoms with Crippen LogP contribution in [0.4, 0.5) is 0 Å². The zero-order valence-electron chi connectivity index (χ0n) is 9.84. The van der Waals surface area contributed by atoms with Gasteiger partial charge in [0.1, 0.15) is 0 Å². The van der Waals surface area contributed by atoms with E-state index in [1.54, 1.807) is 41.5 Å². The molecule has 3 heteroatoms. The van der Waals surface area contributed by atoms with Gasteiger partial charge in [-0.15, -0.1) is 0 Å². The van der Waals surface area contributed by atoms with Crippen molar-refractivity contribution < 1.29 is 9.59 Å². The fraction of sp³-hybridized carbons (Fsp3) is 0.727. The lowest BCUT2D eigenvalue weighted by atomic mass is 9.91. The van der Waals surface area contributed by atoms with E-state index in [0.29, 0.717) is 0 Å². The molecule has 0 saturated carbocycles. The molecule has 0 aliphatic carbocycles. The zero-order chi connectivity index (χ0) is 11.6. The summed E-state index contributed by atoms with van der Waals surface area (Å²) in [4.78, 5) is 26.4. The molecule has 0 heterocycles. The Bertz CT molecular complexity index is 236. The van der Waals surface area contributed by atoms with Crippen LogP contribution in [0.3, 0.4) is 0 Å². The predicted octanol–water partition coefficient (Wildman–Crippen LogP) is 2.25. The molecule has 0 aliphatic rings. The largest absolute Gasteiger partial charge is 0.293 e. The van der Waals surface area contributed by atoms with Gasteiger partial charge in [-0.05, 0) is 0 Å². The summed E-state index contributed by atoms with van der Waals surface area (Å²) in [5.41, 5.74) is -0.990. The molecule has 0 fully saturated rings. The lowest BCUT2D eigenvalue weighted by Gasteiger charge is -2.14. The van der Waals surface area contributed by atoms with Crippen molar-refractivity contribution in [2.45, 2.75) is 41.5 Å². The molecular formula is C11H19NO2. The van der Waals surface area contributed by atoms with Gasteiger partial charge in [-0.3, -0.25) is 9.59 Å². The van der Waals surface area contributed by atoms with Crippen LogP contribution in [-0.2, 0) is 9.59 Å². The van der Waals surface area contributed by atoms with E-state index in [2.05, 4.69) is 4.99 Å². The van der Waals surface area contributed by atoms with Crippen molar-refractivity contribution in [1.29, 1.82) is 0 Å². The number of hydrogen-bond acceptors (Lipinski definition) is 2. The minimum Gasteiger partial charge on any atom is -0.293 e. The third-order valence-corrected chi connectivity index (χ3v) is 1.68. The third-order valence-electron chi connectivity index (χ3n) is 1.68. The van der Waals surface area contributed by atoms with Crippen molar-refractivity contribution in [3.63, 3.8) is 0 Å². The van der Waals surface area contributed by atoms with Gasteiger partial charge in [-0.2, -0.15) is 0 Å². The molecule has 0 unspecified atom stereocenters.